The molecule has 0 radical (unpaired) electrons. The number of carbonyl (C=O) groups excluding carboxylic acids is 1. The van der Waals surface area contributed by atoms with Crippen molar-refractivity contribution in [3.63, 3.8) is 0 Å². The average Bonchev–Trinajstić information content (AvgIpc) is 3.31. The SMILES string of the molecule is O=C(c1ccc(-c2ccc(F)c(F)c2)s1)N1CCc2ccccc2[C@H]1c1ccc(F)cc1. The fourth-order valence-corrected chi connectivity index (χ4v) is 5.15. The smallest absolute Gasteiger partial charge is 0.264 e. The van der Waals surface area contributed by atoms with E-state index in [9.17, 15) is 18.0 Å². The Balaban J connectivity index is 1.51. The summed E-state index contributed by atoms with van der Waals surface area (Å²) in [5.74, 6) is -2.30. The molecular weight excluding hydrogens is 431 g/mol. The molecule has 5 rings (SSSR count). The minimum atomic E-state index is -0.923. The highest BCUT2D eigenvalue weighted by Crippen LogP contribution is 2.38. The molecule has 1 amide bonds. The summed E-state index contributed by atoms with van der Waals surface area (Å²) in [4.78, 5) is 16.5. The summed E-state index contributed by atoms with van der Waals surface area (Å²) in [6.07, 6.45) is 0.723. The second kappa shape index (κ2) is 8.28. The summed E-state index contributed by atoms with van der Waals surface area (Å²) < 4.78 is 40.5. The summed E-state index contributed by atoms with van der Waals surface area (Å²) in [6, 6.07) is 21.0. The third-order valence-electron chi connectivity index (χ3n) is 5.75. The standard InChI is InChI=1S/C26H18F3NOS/c27-19-8-5-17(6-9-19)25-20-4-2-1-3-16(20)13-14-30(25)26(31)24-12-11-23(32-24)18-7-10-21(28)22(29)15-18/h1-12,15,25H,13-14H2/t25-/m1/s1. The lowest BCUT2D eigenvalue weighted by Crippen LogP contribution is -2.40. The zero-order valence-corrected chi connectivity index (χ0v) is 17.7. The van der Waals surface area contributed by atoms with Crippen LogP contribution in [0.2, 0.25) is 0 Å². The number of hydrogen-bond donors (Lipinski definition) is 0. The number of rotatable bonds is 3. The molecule has 1 aromatic heterocycles. The van der Waals surface area contributed by atoms with Crippen molar-refractivity contribution in [3.8, 4) is 10.4 Å². The molecule has 0 aliphatic carbocycles. The molecule has 0 bridgehead atoms. The lowest BCUT2D eigenvalue weighted by atomic mass is 9.88. The molecule has 0 spiro atoms. The zero-order chi connectivity index (χ0) is 22.2. The van der Waals surface area contributed by atoms with Crippen molar-refractivity contribution in [2.45, 2.75) is 12.5 Å². The highest BCUT2D eigenvalue weighted by molar-refractivity contribution is 7.17. The predicted octanol–water partition coefficient (Wildman–Crippen LogP) is 6.62. The van der Waals surface area contributed by atoms with Crippen LogP contribution in [0.15, 0.2) is 78.9 Å². The quantitative estimate of drug-likeness (QED) is 0.344. The van der Waals surface area contributed by atoms with Gasteiger partial charge in [-0.15, -0.1) is 11.3 Å². The van der Waals surface area contributed by atoms with E-state index in [-0.39, 0.29) is 17.8 Å². The number of nitrogens with zero attached hydrogens (tertiary/aromatic N) is 1. The van der Waals surface area contributed by atoms with E-state index in [1.54, 1.807) is 29.2 Å². The molecule has 0 unspecified atom stereocenters. The first-order chi connectivity index (χ1) is 15.5. The van der Waals surface area contributed by atoms with Crippen molar-refractivity contribution in [1.29, 1.82) is 0 Å². The fraction of sp³-hybridized carbons (Fsp3) is 0.115. The Kier molecular flexibility index (Phi) is 5.31. The molecular formula is C26H18F3NOS. The first kappa shape index (κ1) is 20.5. The lowest BCUT2D eigenvalue weighted by Gasteiger charge is -2.37. The van der Waals surface area contributed by atoms with Crippen LogP contribution in [0.25, 0.3) is 10.4 Å². The Morgan fingerprint density at radius 3 is 2.44 bits per heavy atom. The minimum absolute atomic E-state index is 0.146. The zero-order valence-electron chi connectivity index (χ0n) is 16.9. The maximum Gasteiger partial charge on any atom is 0.264 e. The van der Waals surface area contributed by atoms with Gasteiger partial charge in [0.2, 0.25) is 0 Å². The Labute approximate surface area is 187 Å². The van der Waals surface area contributed by atoms with Crippen molar-refractivity contribution in [2.75, 3.05) is 6.54 Å². The third kappa shape index (κ3) is 3.71. The van der Waals surface area contributed by atoms with E-state index in [1.807, 2.05) is 18.2 Å². The van der Waals surface area contributed by atoms with Gasteiger partial charge >= 0.3 is 0 Å². The van der Waals surface area contributed by atoms with Gasteiger partial charge in [-0.1, -0.05) is 42.5 Å². The molecule has 3 aromatic carbocycles. The molecule has 2 nitrogen and oxygen atoms in total. The summed E-state index contributed by atoms with van der Waals surface area (Å²) >= 11 is 1.24. The molecule has 4 aromatic rings. The van der Waals surface area contributed by atoms with Crippen LogP contribution in [-0.2, 0) is 6.42 Å². The number of halogens is 3. The highest BCUT2D eigenvalue weighted by atomic mass is 32.1. The van der Waals surface area contributed by atoms with Gasteiger partial charge in [-0.05, 0) is 65.1 Å². The molecule has 0 N–H and O–H groups in total. The summed E-state index contributed by atoms with van der Waals surface area (Å²) in [7, 11) is 0. The Hall–Kier alpha value is -3.38. The van der Waals surface area contributed by atoms with Gasteiger partial charge < -0.3 is 4.90 Å². The lowest BCUT2D eigenvalue weighted by molar-refractivity contribution is 0.0699. The van der Waals surface area contributed by atoms with Crippen LogP contribution in [0, 0.1) is 17.5 Å². The van der Waals surface area contributed by atoms with E-state index in [0.717, 1.165) is 29.7 Å². The van der Waals surface area contributed by atoms with Gasteiger partial charge in [0.1, 0.15) is 5.82 Å². The van der Waals surface area contributed by atoms with E-state index in [1.165, 1.54) is 35.1 Å². The topological polar surface area (TPSA) is 20.3 Å². The van der Waals surface area contributed by atoms with Crippen molar-refractivity contribution >= 4 is 17.2 Å². The second-order valence-corrected chi connectivity index (χ2v) is 8.78. The van der Waals surface area contributed by atoms with Crippen molar-refractivity contribution in [1.82, 2.24) is 4.90 Å². The second-order valence-electron chi connectivity index (χ2n) is 7.69. The Morgan fingerprint density at radius 2 is 1.66 bits per heavy atom. The Bertz CT molecular complexity index is 1300. The van der Waals surface area contributed by atoms with Gasteiger partial charge in [-0.3, -0.25) is 4.79 Å². The van der Waals surface area contributed by atoms with Crippen LogP contribution < -0.4 is 0 Å². The van der Waals surface area contributed by atoms with Gasteiger partial charge in [0.25, 0.3) is 5.91 Å². The van der Waals surface area contributed by atoms with Crippen LogP contribution in [0.4, 0.5) is 13.2 Å². The normalized spacial score (nSPS) is 15.5. The van der Waals surface area contributed by atoms with Gasteiger partial charge in [0.15, 0.2) is 11.6 Å². The first-order valence-corrected chi connectivity index (χ1v) is 11.0. The summed E-state index contributed by atoms with van der Waals surface area (Å²) in [5, 5.41) is 0. The summed E-state index contributed by atoms with van der Waals surface area (Å²) in [6.45, 7) is 0.524. The van der Waals surface area contributed by atoms with E-state index >= 15 is 0 Å². The molecule has 1 atom stereocenters. The molecule has 2 heterocycles. The van der Waals surface area contributed by atoms with Gasteiger partial charge in [-0.25, -0.2) is 13.2 Å². The molecule has 0 fully saturated rings. The first-order valence-electron chi connectivity index (χ1n) is 10.2. The van der Waals surface area contributed by atoms with E-state index in [0.29, 0.717) is 21.9 Å². The Morgan fingerprint density at radius 1 is 0.875 bits per heavy atom. The average molecular weight is 449 g/mol. The van der Waals surface area contributed by atoms with Crippen LogP contribution in [0.3, 0.4) is 0 Å². The fourth-order valence-electron chi connectivity index (χ4n) is 4.19. The highest BCUT2D eigenvalue weighted by Gasteiger charge is 2.33. The maximum atomic E-state index is 13.7. The van der Waals surface area contributed by atoms with Crippen LogP contribution in [0.5, 0.6) is 0 Å². The number of benzene rings is 3. The van der Waals surface area contributed by atoms with Crippen LogP contribution in [0.1, 0.15) is 32.4 Å². The number of fused-ring (bicyclic) bond motifs is 1. The van der Waals surface area contributed by atoms with Crippen molar-refractivity contribution in [3.05, 3.63) is 118 Å². The number of carbonyl (C=O) groups is 1. The molecule has 1 aliphatic heterocycles. The van der Waals surface area contributed by atoms with E-state index in [2.05, 4.69) is 6.07 Å². The molecule has 0 saturated heterocycles. The molecule has 1 aliphatic rings. The van der Waals surface area contributed by atoms with Crippen molar-refractivity contribution < 1.29 is 18.0 Å². The monoisotopic (exact) mass is 449 g/mol. The number of amides is 1. The molecule has 32 heavy (non-hydrogen) atoms. The predicted molar refractivity (Wildman–Crippen MR) is 119 cm³/mol. The number of thiophene rings is 1. The molecule has 6 heteroatoms. The summed E-state index contributed by atoms with van der Waals surface area (Å²) in [5.41, 5.74) is 3.55. The van der Waals surface area contributed by atoms with Crippen LogP contribution in [-0.4, -0.2) is 17.4 Å². The van der Waals surface area contributed by atoms with Crippen molar-refractivity contribution in [2.24, 2.45) is 0 Å². The third-order valence-corrected chi connectivity index (χ3v) is 6.87. The number of hydrogen-bond acceptors (Lipinski definition) is 2. The maximum absolute atomic E-state index is 13.7. The largest absolute Gasteiger partial charge is 0.326 e. The minimum Gasteiger partial charge on any atom is -0.326 e. The van der Waals surface area contributed by atoms with Gasteiger partial charge in [0.05, 0.1) is 10.9 Å². The van der Waals surface area contributed by atoms with E-state index in [4.69, 9.17) is 0 Å². The molecule has 160 valence electrons. The van der Waals surface area contributed by atoms with E-state index < -0.39 is 11.6 Å². The van der Waals surface area contributed by atoms with Gasteiger partial charge in [0, 0.05) is 11.4 Å². The van der Waals surface area contributed by atoms with Crippen LogP contribution >= 0.6 is 11.3 Å². The van der Waals surface area contributed by atoms with Gasteiger partial charge in [-0.2, -0.15) is 0 Å². The molecule has 0 saturated carbocycles.